The molecule has 2 rings (SSSR count). The first-order chi connectivity index (χ1) is 8.18. The molecular weight excluding hydrogens is 232 g/mol. The summed E-state index contributed by atoms with van der Waals surface area (Å²) in [6, 6.07) is 10.0. The van der Waals surface area contributed by atoms with Crippen LogP contribution in [0.3, 0.4) is 0 Å². The lowest BCUT2D eigenvalue weighted by molar-refractivity contribution is 1.02. The molecule has 0 amide bonds. The van der Waals surface area contributed by atoms with Crippen molar-refractivity contribution in [1.82, 2.24) is 10.2 Å². The van der Waals surface area contributed by atoms with Crippen molar-refractivity contribution in [2.45, 2.75) is 18.7 Å². The second-order valence-corrected chi connectivity index (χ2v) is 4.58. The van der Waals surface area contributed by atoms with E-state index in [9.17, 15) is 0 Å². The summed E-state index contributed by atoms with van der Waals surface area (Å²) < 4.78 is 3.18. The van der Waals surface area contributed by atoms with Crippen molar-refractivity contribution < 1.29 is 0 Å². The number of nitrogens with zero attached hydrogens (tertiary/aromatic N) is 2. The second kappa shape index (κ2) is 5.05. The minimum absolute atomic E-state index is 0.484. The Morgan fingerprint density at radius 1 is 1.06 bits per heavy atom. The number of hydrogen-bond acceptors (Lipinski definition) is 5. The van der Waals surface area contributed by atoms with Crippen LogP contribution in [0.5, 0.6) is 0 Å². The van der Waals surface area contributed by atoms with Crippen molar-refractivity contribution in [3.8, 4) is 0 Å². The number of anilines is 2. The number of nitrogen functional groups attached to an aromatic ring is 1. The molecular formula is C12H14N4S. The van der Waals surface area contributed by atoms with Crippen LogP contribution in [0.15, 0.2) is 35.2 Å². The lowest BCUT2D eigenvalue weighted by Crippen LogP contribution is -2.03. The first-order valence-electron chi connectivity index (χ1n) is 5.25. The average molecular weight is 246 g/mol. The molecule has 0 saturated carbocycles. The van der Waals surface area contributed by atoms with Crippen molar-refractivity contribution >= 4 is 23.6 Å². The summed E-state index contributed by atoms with van der Waals surface area (Å²) in [5.74, 6) is 1.24. The second-order valence-electron chi connectivity index (χ2n) is 3.70. The molecule has 0 unspecified atom stereocenters. The van der Waals surface area contributed by atoms with Crippen LogP contribution in [0.1, 0.15) is 11.1 Å². The molecule has 0 aliphatic rings. The van der Waals surface area contributed by atoms with Crippen LogP contribution in [0.4, 0.5) is 11.6 Å². The highest BCUT2D eigenvalue weighted by atomic mass is 32.2. The monoisotopic (exact) mass is 246 g/mol. The fraction of sp³-hybridized carbons (Fsp3) is 0.167. The third-order valence-corrected chi connectivity index (χ3v) is 3.37. The predicted octanol–water partition coefficient (Wildman–Crippen LogP) is 2.79. The molecule has 17 heavy (non-hydrogen) atoms. The third-order valence-electron chi connectivity index (χ3n) is 2.57. The molecule has 0 fully saturated rings. The van der Waals surface area contributed by atoms with E-state index in [0.717, 1.165) is 21.8 Å². The Bertz CT molecular complexity index is 513. The molecule has 0 spiro atoms. The summed E-state index contributed by atoms with van der Waals surface area (Å²) in [7, 11) is 0. The zero-order chi connectivity index (χ0) is 12.3. The summed E-state index contributed by atoms with van der Waals surface area (Å²) in [6.07, 6.45) is 0. The van der Waals surface area contributed by atoms with Gasteiger partial charge in [-0.1, -0.05) is 18.2 Å². The molecule has 5 heteroatoms. The topological polar surface area (TPSA) is 63.8 Å². The van der Waals surface area contributed by atoms with Gasteiger partial charge in [-0.05, 0) is 43.5 Å². The highest BCUT2D eigenvalue weighted by molar-refractivity contribution is 8.00. The first kappa shape index (κ1) is 11.7. The van der Waals surface area contributed by atoms with E-state index in [1.54, 1.807) is 0 Å². The molecule has 0 bridgehead atoms. The normalized spacial score (nSPS) is 10.2. The average Bonchev–Trinajstić information content (AvgIpc) is 2.36. The molecule has 0 atom stereocenters. The first-order valence-corrected chi connectivity index (χ1v) is 6.07. The van der Waals surface area contributed by atoms with Crippen molar-refractivity contribution in [2.24, 2.45) is 0 Å². The largest absolute Gasteiger partial charge is 0.382 e. The molecule has 0 aliphatic heterocycles. The van der Waals surface area contributed by atoms with E-state index in [1.165, 1.54) is 11.9 Å². The van der Waals surface area contributed by atoms with Gasteiger partial charge in [-0.2, -0.15) is 0 Å². The van der Waals surface area contributed by atoms with E-state index < -0.39 is 0 Å². The van der Waals surface area contributed by atoms with E-state index in [-0.39, 0.29) is 0 Å². The summed E-state index contributed by atoms with van der Waals surface area (Å²) >= 11 is 1.51. The zero-order valence-corrected chi connectivity index (χ0v) is 10.6. The fourth-order valence-corrected chi connectivity index (χ4v) is 2.02. The maximum atomic E-state index is 5.69. The standard InChI is InChI=1S/C12H14N4S/c1-8-9(2)12(15-14-11(8)13)16-17-10-6-4-3-5-7-10/h3-7H,1-2H3,(H2,13,14)(H,15,16). The number of hydrogen-bond donors (Lipinski definition) is 2. The Morgan fingerprint density at radius 3 is 2.47 bits per heavy atom. The van der Waals surface area contributed by atoms with Crippen LogP contribution in [0.2, 0.25) is 0 Å². The van der Waals surface area contributed by atoms with Gasteiger partial charge in [0.1, 0.15) is 5.82 Å². The van der Waals surface area contributed by atoms with Crippen LogP contribution in [0.25, 0.3) is 0 Å². The quantitative estimate of drug-likeness (QED) is 0.815. The van der Waals surface area contributed by atoms with Gasteiger partial charge in [-0.25, -0.2) is 0 Å². The van der Waals surface area contributed by atoms with Crippen LogP contribution < -0.4 is 10.5 Å². The van der Waals surface area contributed by atoms with Gasteiger partial charge in [-0.3, -0.25) is 0 Å². The van der Waals surface area contributed by atoms with Crippen molar-refractivity contribution in [3.05, 3.63) is 41.5 Å². The van der Waals surface area contributed by atoms with Crippen LogP contribution in [-0.2, 0) is 0 Å². The van der Waals surface area contributed by atoms with E-state index in [1.807, 2.05) is 44.2 Å². The molecule has 0 saturated heterocycles. The zero-order valence-electron chi connectivity index (χ0n) is 9.77. The molecule has 0 aliphatic carbocycles. The van der Waals surface area contributed by atoms with Crippen LogP contribution >= 0.6 is 11.9 Å². The van der Waals surface area contributed by atoms with Gasteiger partial charge >= 0.3 is 0 Å². The van der Waals surface area contributed by atoms with Crippen molar-refractivity contribution in [1.29, 1.82) is 0 Å². The number of rotatable bonds is 3. The summed E-state index contributed by atoms with van der Waals surface area (Å²) in [6.45, 7) is 3.92. The molecule has 2 aromatic rings. The highest BCUT2D eigenvalue weighted by Gasteiger charge is 2.07. The van der Waals surface area contributed by atoms with E-state index >= 15 is 0 Å². The maximum absolute atomic E-state index is 5.69. The third kappa shape index (κ3) is 2.68. The molecule has 0 radical (unpaired) electrons. The Hall–Kier alpha value is -1.75. The number of aromatic nitrogens is 2. The molecule has 3 N–H and O–H groups in total. The Kier molecular flexibility index (Phi) is 3.49. The number of benzene rings is 1. The molecule has 1 heterocycles. The summed E-state index contributed by atoms with van der Waals surface area (Å²) in [5.41, 5.74) is 7.69. The van der Waals surface area contributed by atoms with E-state index in [4.69, 9.17) is 5.73 Å². The van der Waals surface area contributed by atoms with Crippen LogP contribution in [0, 0.1) is 13.8 Å². The molecule has 4 nitrogen and oxygen atoms in total. The van der Waals surface area contributed by atoms with E-state index in [0.29, 0.717) is 5.82 Å². The molecule has 1 aromatic heterocycles. The summed E-state index contributed by atoms with van der Waals surface area (Å²) in [5, 5.41) is 7.95. The van der Waals surface area contributed by atoms with Crippen molar-refractivity contribution in [3.63, 3.8) is 0 Å². The smallest absolute Gasteiger partial charge is 0.162 e. The minimum Gasteiger partial charge on any atom is -0.382 e. The number of nitrogens with one attached hydrogen (secondary N) is 1. The fourth-order valence-electron chi connectivity index (χ4n) is 1.32. The SMILES string of the molecule is Cc1c(N)nnc(NSc2ccccc2)c1C. The Balaban J connectivity index is 2.13. The molecule has 88 valence electrons. The lowest BCUT2D eigenvalue weighted by atomic mass is 10.2. The van der Waals surface area contributed by atoms with Crippen molar-refractivity contribution in [2.75, 3.05) is 10.5 Å². The molecule has 1 aromatic carbocycles. The maximum Gasteiger partial charge on any atom is 0.162 e. The van der Waals surface area contributed by atoms with Crippen LogP contribution in [-0.4, -0.2) is 10.2 Å². The van der Waals surface area contributed by atoms with Gasteiger partial charge in [0.15, 0.2) is 5.82 Å². The lowest BCUT2D eigenvalue weighted by Gasteiger charge is -2.09. The van der Waals surface area contributed by atoms with Gasteiger partial charge in [0.2, 0.25) is 0 Å². The van der Waals surface area contributed by atoms with Gasteiger partial charge in [0.25, 0.3) is 0 Å². The Labute approximate surface area is 105 Å². The van der Waals surface area contributed by atoms with Gasteiger partial charge in [0, 0.05) is 10.5 Å². The summed E-state index contributed by atoms with van der Waals surface area (Å²) in [4.78, 5) is 1.13. The minimum atomic E-state index is 0.484. The van der Waals surface area contributed by atoms with Gasteiger partial charge < -0.3 is 10.5 Å². The van der Waals surface area contributed by atoms with E-state index in [2.05, 4.69) is 14.9 Å². The van der Waals surface area contributed by atoms with Gasteiger partial charge in [0.05, 0.1) is 0 Å². The van der Waals surface area contributed by atoms with Gasteiger partial charge in [-0.15, -0.1) is 10.2 Å². The highest BCUT2D eigenvalue weighted by Crippen LogP contribution is 2.24. The Morgan fingerprint density at radius 2 is 1.76 bits per heavy atom. The number of nitrogens with two attached hydrogens (primary N) is 1. The predicted molar refractivity (Wildman–Crippen MR) is 71.8 cm³/mol.